The molecule has 0 aliphatic heterocycles. The number of ether oxygens (including phenoxy) is 2. The molecule has 2 aromatic carbocycles. The number of hydrogen-bond donors (Lipinski definition) is 1. The summed E-state index contributed by atoms with van der Waals surface area (Å²) in [6.45, 7) is 2.44. The zero-order valence-electron chi connectivity index (χ0n) is 15.3. The molecule has 0 amide bonds. The van der Waals surface area contributed by atoms with Gasteiger partial charge in [0.25, 0.3) is 0 Å². The second-order valence-corrected chi connectivity index (χ2v) is 6.90. The molecule has 1 aromatic heterocycles. The van der Waals surface area contributed by atoms with Crippen LogP contribution >= 0.6 is 11.3 Å². The first-order valence-corrected chi connectivity index (χ1v) is 9.52. The number of hydrogen-bond acceptors (Lipinski definition) is 5. The van der Waals surface area contributed by atoms with Crippen molar-refractivity contribution in [1.82, 2.24) is 4.98 Å². The van der Waals surface area contributed by atoms with Crippen LogP contribution in [0.1, 0.15) is 27.9 Å². The number of carbonyl (C=O) groups is 1. The largest absolute Gasteiger partial charge is 0.493 e. The summed E-state index contributed by atoms with van der Waals surface area (Å²) in [5.41, 5.74) is 2.63. The molecule has 1 N–H and O–H groups in total. The van der Waals surface area contributed by atoms with Crippen LogP contribution in [-0.4, -0.2) is 29.8 Å². The Morgan fingerprint density at radius 3 is 2.56 bits per heavy atom. The van der Waals surface area contributed by atoms with Gasteiger partial charge in [-0.1, -0.05) is 37.3 Å². The standard InChI is InChI=1S/C21H21NO4S/c1-3-16-19(21(23)24)27-20(22-16)15-9-10-17(18(13-15)25-2)26-12-11-14-7-5-4-6-8-14/h4-10,13H,3,11-12H2,1-2H3,(H,23,24). The topological polar surface area (TPSA) is 68.7 Å². The molecule has 0 aliphatic rings. The van der Waals surface area contributed by atoms with Gasteiger partial charge in [-0.05, 0) is 30.2 Å². The number of thiazole rings is 1. The lowest BCUT2D eigenvalue weighted by Crippen LogP contribution is -2.02. The van der Waals surface area contributed by atoms with Crippen molar-refractivity contribution in [3.63, 3.8) is 0 Å². The highest BCUT2D eigenvalue weighted by Gasteiger charge is 2.18. The van der Waals surface area contributed by atoms with Gasteiger partial charge in [-0.15, -0.1) is 11.3 Å². The molecular weight excluding hydrogens is 362 g/mol. The summed E-state index contributed by atoms with van der Waals surface area (Å²) in [7, 11) is 1.59. The van der Waals surface area contributed by atoms with Gasteiger partial charge in [0.1, 0.15) is 9.88 Å². The summed E-state index contributed by atoms with van der Waals surface area (Å²) in [6.07, 6.45) is 1.38. The van der Waals surface area contributed by atoms with Crippen molar-refractivity contribution in [2.24, 2.45) is 0 Å². The summed E-state index contributed by atoms with van der Waals surface area (Å²) in [5, 5.41) is 9.98. The van der Waals surface area contributed by atoms with Crippen LogP contribution in [0.4, 0.5) is 0 Å². The summed E-state index contributed by atoms with van der Waals surface area (Å²) in [4.78, 5) is 16.1. The molecule has 0 saturated heterocycles. The van der Waals surface area contributed by atoms with E-state index in [0.29, 0.717) is 35.2 Å². The van der Waals surface area contributed by atoms with Crippen LogP contribution in [0.2, 0.25) is 0 Å². The van der Waals surface area contributed by atoms with Crippen LogP contribution < -0.4 is 9.47 Å². The third-order valence-electron chi connectivity index (χ3n) is 4.13. The maximum atomic E-state index is 11.4. The van der Waals surface area contributed by atoms with Gasteiger partial charge in [-0.25, -0.2) is 9.78 Å². The van der Waals surface area contributed by atoms with Crippen LogP contribution in [0, 0.1) is 0 Å². The predicted molar refractivity (Wildman–Crippen MR) is 106 cm³/mol. The van der Waals surface area contributed by atoms with Gasteiger partial charge >= 0.3 is 5.97 Å². The normalized spacial score (nSPS) is 10.6. The number of nitrogens with zero attached hydrogens (tertiary/aromatic N) is 1. The molecule has 0 bridgehead atoms. The Morgan fingerprint density at radius 2 is 1.93 bits per heavy atom. The molecule has 0 aliphatic carbocycles. The van der Waals surface area contributed by atoms with Crippen LogP contribution in [0.5, 0.6) is 11.5 Å². The van der Waals surface area contributed by atoms with Gasteiger partial charge in [0.2, 0.25) is 0 Å². The molecule has 5 nitrogen and oxygen atoms in total. The van der Waals surface area contributed by atoms with Crippen molar-refractivity contribution in [3.05, 3.63) is 64.7 Å². The summed E-state index contributed by atoms with van der Waals surface area (Å²) in [6, 6.07) is 15.7. The molecule has 27 heavy (non-hydrogen) atoms. The highest BCUT2D eigenvalue weighted by molar-refractivity contribution is 7.17. The number of aryl methyl sites for hydroxylation is 1. The fraction of sp³-hybridized carbons (Fsp3) is 0.238. The number of benzene rings is 2. The molecule has 3 rings (SSSR count). The van der Waals surface area contributed by atoms with E-state index in [2.05, 4.69) is 17.1 Å². The molecular formula is C21H21NO4S. The minimum atomic E-state index is -0.941. The number of rotatable bonds is 8. The van der Waals surface area contributed by atoms with Crippen molar-refractivity contribution in [2.75, 3.05) is 13.7 Å². The third kappa shape index (κ3) is 4.46. The van der Waals surface area contributed by atoms with Crippen molar-refractivity contribution < 1.29 is 19.4 Å². The molecule has 0 fully saturated rings. The van der Waals surface area contributed by atoms with E-state index in [1.807, 2.05) is 43.3 Å². The second kappa shape index (κ2) is 8.68. The van der Waals surface area contributed by atoms with Crippen LogP contribution in [0.25, 0.3) is 10.6 Å². The van der Waals surface area contributed by atoms with Crippen LogP contribution in [0.3, 0.4) is 0 Å². The number of aromatic carboxylic acids is 1. The first kappa shape index (κ1) is 18.9. The van der Waals surface area contributed by atoms with E-state index >= 15 is 0 Å². The van der Waals surface area contributed by atoms with E-state index in [9.17, 15) is 9.90 Å². The van der Waals surface area contributed by atoms with Crippen LogP contribution in [-0.2, 0) is 12.8 Å². The fourth-order valence-corrected chi connectivity index (χ4v) is 3.71. The number of carboxylic acid groups (broad SMARTS) is 1. The SMILES string of the molecule is CCc1nc(-c2ccc(OCCc3ccccc3)c(OC)c2)sc1C(=O)O. The predicted octanol–water partition coefficient (Wildman–Crippen LogP) is 4.70. The Labute approximate surface area is 162 Å². The van der Waals surface area contributed by atoms with Crippen LogP contribution in [0.15, 0.2) is 48.5 Å². The fourth-order valence-electron chi connectivity index (χ4n) is 2.73. The minimum Gasteiger partial charge on any atom is -0.493 e. The maximum absolute atomic E-state index is 11.4. The number of carboxylic acids is 1. The van der Waals surface area contributed by atoms with Gasteiger partial charge in [0, 0.05) is 12.0 Å². The average Bonchev–Trinajstić information content (AvgIpc) is 3.14. The Balaban J connectivity index is 1.77. The van der Waals surface area contributed by atoms with Crippen molar-refractivity contribution in [1.29, 1.82) is 0 Å². The molecule has 3 aromatic rings. The van der Waals surface area contributed by atoms with Gasteiger partial charge in [0.05, 0.1) is 19.4 Å². The van der Waals surface area contributed by atoms with E-state index in [1.54, 1.807) is 7.11 Å². The monoisotopic (exact) mass is 383 g/mol. The van der Waals surface area contributed by atoms with Gasteiger partial charge in [-0.3, -0.25) is 0 Å². The van der Waals surface area contributed by atoms with E-state index < -0.39 is 5.97 Å². The first-order chi connectivity index (χ1) is 13.1. The summed E-state index contributed by atoms with van der Waals surface area (Å²) >= 11 is 1.18. The Bertz CT molecular complexity index is 921. The van der Waals surface area contributed by atoms with Crippen molar-refractivity contribution in [2.45, 2.75) is 19.8 Å². The van der Waals surface area contributed by atoms with E-state index in [-0.39, 0.29) is 4.88 Å². The van der Waals surface area contributed by atoms with Crippen molar-refractivity contribution >= 4 is 17.3 Å². The Morgan fingerprint density at radius 1 is 1.15 bits per heavy atom. The molecule has 0 spiro atoms. The molecule has 0 atom stereocenters. The zero-order chi connectivity index (χ0) is 19.2. The van der Waals surface area contributed by atoms with Gasteiger partial charge < -0.3 is 14.6 Å². The summed E-state index contributed by atoms with van der Waals surface area (Å²) < 4.78 is 11.3. The first-order valence-electron chi connectivity index (χ1n) is 8.70. The Hall–Kier alpha value is -2.86. The number of methoxy groups -OCH3 is 1. The molecule has 0 unspecified atom stereocenters. The maximum Gasteiger partial charge on any atom is 0.347 e. The third-order valence-corrected chi connectivity index (χ3v) is 5.26. The molecule has 140 valence electrons. The van der Waals surface area contributed by atoms with E-state index in [1.165, 1.54) is 16.9 Å². The van der Waals surface area contributed by atoms with E-state index in [0.717, 1.165) is 12.0 Å². The Kier molecular flexibility index (Phi) is 6.08. The summed E-state index contributed by atoms with van der Waals surface area (Å²) in [5.74, 6) is 0.317. The van der Waals surface area contributed by atoms with Crippen molar-refractivity contribution in [3.8, 4) is 22.1 Å². The highest BCUT2D eigenvalue weighted by Crippen LogP contribution is 2.35. The lowest BCUT2D eigenvalue weighted by atomic mass is 10.2. The minimum absolute atomic E-state index is 0.287. The van der Waals surface area contributed by atoms with Gasteiger partial charge in [0.15, 0.2) is 11.5 Å². The second-order valence-electron chi connectivity index (χ2n) is 5.90. The molecule has 0 radical (unpaired) electrons. The molecule has 0 saturated carbocycles. The van der Waals surface area contributed by atoms with Gasteiger partial charge in [-0.2, -0.15) is 0 Å². The number of aromatic nitrogens is 1. The quantitative estimate of drug-likeness (QED) is 0.611. The highest BCUT2D eigenvalue weighted by atomic mass is 32.1. The lowest BCUT2D eigenvalue weighted by Gasteiger charge is -2.11. The molecule has 6 heteroatoms. The average molecular weight is 383 g/mol. The lowest BCUT2D eigenvalue weighted by molar-refractivity contribution is 0.0701. The van der Waals surface area contributed by atoms with E-state index in [4.69, 9.17) is 9.47 Å². The smallest absolute Gasteiger partial charge is 0.347 e. The zero-order valence-corrected chi connectivity index (χ0v) is 16.1. The molecule has 1 heterocycles.